The first-order valence-electron chi connectivity index (χ1n) is 12.1. The molecule has 0 aliphatic carbocycles. The van der Waals surface area contributed by atoms with E-state index in [0.717, 1.165) is 56.2 Å². The van der Waals surface area contributed by atoms with Crippen LogP contribution < -0.4 is 20.8 Å². The van der Waals surface area contributed by atoms with Crippen molar-refractivity contribution in [1.82, 2.24) is 25.4 Å². The maximum Gasteiger partial charge on any atom is 0.272 e. The average Bonchev–Trinajstić information content (AvgIpc) is 3.31. The molecule has 1 fully saturated rings. The summed E-state index contributed by atoms with van der Waals surface area (Å²) >= 11 is 1.16. The van der Waals surface area contributed by atoms with Crippen LogP contribution in [0, 0.1) is 11.6 Å². The van der Waals surface area contributed by atoms with Crippen molar-refractivity contribution >= 4 is 17.2 Å². The van der Waals surface area contributed by atoms with E-state index >= 15 is 0 Å². The molecule has 3 aromatic rings. The second-order valence-electron chi connectivity index (χ2n) is 9.28. The van der Waals surface area contributed by atoms with Crippen LogP contribution in [0.25, 0.3) is 10.6 Å². The molecule has 1 amide bonds. The number of nitrogens with one attached hydrogen (secondary N) is 2. The van der Waals surface area contributed by atoms with Gasteiger partial charge in [-0.15, -0.1) is 10.2 Å². The zero-order chi connectivity index (χ0) is 25.3. The minimum Gasteiger partial charge on any atom is -0.487 e. The second kappa shape index (κ2) is 10.1. The van der Waals surface area contributed by atoms with E-state index in [1.165, 1.54) is 12.1 Å². The number of carbonyl (C=O) groups excluding carboxylic acids is 1. The Hall–Kier alpha value is -3.18. The molecular formula is C25H27F2N5O3S. The smallest absolute Gasteiger partial charge is 0.272 e. The van der Waals surface area contributed by atoms with E-state index in [2.05, 4.69) is 20.8 Å². The summed E-state index contributed by atoms with van der Waals surface area (Å²) in [6.07, 6.45) is 4.96. The Bertz CT molecular complexity index is 1350. The van der Waals surface area contributed by atoms with E-state index in [0.29, 0.717) is 23.2 Å². The normalized spacial score (nSPS) is 16.6. The molecule has 0 saturated carbocycles. The molecule has 4 heterocycles. The number of rotatable bonds is 7. The van der Waals surface area contributed by atoms with Crippen LogP contribution in [0.3, 0.4) is 0 Å². The van der Waals surface area contributed by atoms with Crippen LogP contribution in [0.4, 0.5) is 8.78 Å². The monoisotopic (exact) mass is 515 g/mol. The fourth-order valence-electron chi connectivity index (χ4n) is 4.72. The van der Waals surface area contributed by atoms with E-state index < -0.39 is 22.6 Å². The maximum atomic E-state index is 14.1. The summed E-state index contributed by atoms with van der Waals surface area (Å²) in [6.45, 7) is 4.43. The topological polar surface area (TPSA) is 98.1 Å². The van der Waals surface area contributed by atoms with E-state index in [1.807, 2.05) is 11.5 Å². The standard InChI is InChI=1S/C25H27F2N5O3S/c1-2-3-10-35-22-20-23(34)29-25(6-8-28-9-7-25)14-32(20)13-17(21(22)33)24-31-30-19(36-24)11-15-4-5-16(26)12-18(15)27/h4-5,12-13,28H,2-3,6-11,14H2,1H3,(H,29,34). The lowest BCUT2D eigenvalue weighted by molar-refractivity contribution is 0.0787. The van der Waals surface area contributed by atoms with E-state index in [9.17, 15) is 18.4 Å². The number of pyridine rings is 1. The Morgan fingerprint density at radius 1 is 1.19 bits per heavy atom. The Kier molecular flexibility index (Phi) is 6.85. The van der Waals surface area contributed by atoms with Gasteiger partial charge in [-0.05, 0) is 44.0 Å². The summed E-state index contributed by atoms with van der Waals surface area (Å²) in [7, 11) is 0. The molecule has 1 aromatic carbocycles. The molecule has 36 heavy (non-hydrogen) atoms. The Balaban J connectivity index is 1.53. The molecule has 0 bridgehead atoms. The number of hydrogen-bond donors (Lipinski definition) is 2. The van der Waals surface area contributed by atoms with Crippen LogP contribution in [0.15, 0.2) is 29.2 Å². The number of piperidine rings is 1. The van der Waals surface area contributed by atoms with Crippen LogP contribution >= 0.6 is 11.3 Å². The van der Waals surface area contributed by atoms with Gasteiger partial charge in [0.25, 0.3) is 5.91 Å². The first kappa shape index (κ1) is 24.5. The molecule has 11 heteroatoms. The number of halogens is 2. The van der Waals surface area contributed by atoms with Gasteiger partial charge in [0.15, 0.2) is 16.5 Å². The predicted octanol–water partition coefficient (Wildman–Crippen LogP) is 3.28. The lowest BCUT2D eigenvalue weighted by Crippen LogP contribution is -2.60. The Morgan fingerprint density at radius 3 is 2.75 bits per heavy atom. The molecule has 2 aliphatic heterocycles. The van der Waals surface area contributed by atoms with E-state index in [1.54, 1.807) is 6.20 Å². The minimum atomic E-state index is -0.662. The quantitative estimate of drug-likeness (QED) is 0.469. The molecule has 5 rings (SSSR count). The zero-order valence-corrected chi connectivity index (χ0v) is 20.7. The first-order chi connectivity index (χ1) is 17.4. The van der Waals surface area contributed by atoms with Gasteiger partial charge in [-0.25, -0.2) is 8.78 Å². The Labute approximate surface area is 210 Å². The van der Waals surface area contributed by atoms with E-state index in [4.69, 9.17) is 4.74 Å². The van der Waals surface area contributed by atoms with Crippen molar-refractivity contribution in [2.45, 2.75) is 51.1 Å². The third-order valence-corrected chi connectivity index (χ3v) is 7.62. The lowest BCUT2D eigenvalue weighted by Gasteiger charge is -2.43. The SMILES string of the molecule is CCCCOc1c2n(cc(-c3nnc(Cc4ccc(F)cc4F)s3)c1=O)CC1(CCNCC1)NC2=O. The van der Waals surface area contributed by atoms with Crippen molar-refractivity contribution in [1.29, 1.82) is 0 Å². The molecule has 1 spiro atoms. The van der Waals surface area contributed by atoms with Gasteiger partial charge in [0, 0.05) is 25.2 Å². The molecule has 2 N–H and O–H groups in total. The number of nitrogens with zero attached hydrogens (tertiary/aromatic N) is 3. The van der Waals surface area contributed by atoms with Crippen LogP contribution in [0.5, 0.6) is 5.75 Å². The number of fused-ring (bicyclic) bond motifs is 1. The van der Waals surface area contributed by atoms with Crippen molar-refractivity contribution in [2.75, 3.05) is 19.7 Å². The maximum absolute atomic E-state index is 14.1. The van der Waals surface area contributed by atoms with Crippen molar-refractivity contribution in [2.24, 2.45) is 0 Å². The summed E-state index contributed by atoms with van der Waals surface area (Å²) in [4.78, 5) is 26.7. The van der Waals surface area contributed by atoms with Gasteiger partial charge in [-0.2, -0.15) is 0 Å². The average molecular weight is 516 g/mol. The van der Waals surface area contributed by atoms with Crippen molar-refractivity contribution in [3.8, 4) is 16.3 Å². The molecule has 0 atom stereocenters. The summed E-state index contributed by atoms with van der Waals surface area (Å²) < 4.78 is 35.1. The molecule has 2 aromatic heterocycles. The highest BCUT2D eigenvalue weighted by Gasteiger charge is 2.41. The van der Waals surface area contributed by atoms with Crippen LogP contribution in [-0.2, 0) is 13.0 Å². The predicted molar refractivity (Wildman–Crippen MR) is 131 cm³/mol. The van der Waals surface area contributed by atoms with Crippen LogP contribution in [-0.4, -0.2) is 45.9 Å². The summed E-state index contributed by atoms with van der Waals surface area (Å²) in [5, 5.41) is 15.6. The second-order valence-corrected chi connectivity index (χ2v) is 10.3. The lowest BCUT2D eigenvalue weighted by atomic mass is 9.86. The van der Waals surface area contributed by atoms with Gasteiger partial charge >= 0.3 is 0 Å². The number of amides is 1. The van der Waals surface area contributed by atoms with Crippen molar-refractivity contribution in [3.63, 3.8) is 0 Å². The summed E-state index contributed by atoms with van der Waals surface area (Å²) in [5.41, 5.74) is -0.0253. The largest absolute Gasteiger partial charge is 0.487 e. The number of carbonyl (C=O) groups is 1. The van der Waals surface area contributed by atoms with Gasteiger partial charge in [0.2, 0.25) is 5.43 Å². The zero-order valence-electron chi connectivity index (χ0n) is 19.9. The number of ether oxygens (including phenoxy) is 1. The van der Waals surface area contributed by atoms with Crippen molar-refractivity contribution in [3.05, 3.63) is 62.5 Å². The fourth-order valence-corrected chi connectivity index (χ4v) is 5.59. The number of unbranched alkanes of at least 4 members (excludes halogenated alkanes) is 1. The molecule has 0 radical (unpaired) electrons. The highest BCUT2D eigenvalue weighted by Crippen LogP contribution is 2.32. The third-order valence-electron chi connectivity index (χ3n) is 6.66. The number of hydrogen-bond acceptors (Lipinski definition) is 7. The fraction of sp³-hybridized carbons (Fsp3) is 0.440. The van der Waals surface area contributed by atoms with Gasteiger partial charge in [-0.1, -0.05) is 30.7 Å². The minimum absolute atomic E-state index is 0.0172. The number of aromatic nitrogens is 3. The molecule has 1 saturated heterocycles. The van der Waals surface area contributed by atoms with Gasteiger partial charge in [0.05, 0.1) is 17.7 Å². The van der Waals surface area contributed by atoms with Gasteiger partial charge in [0.1, 0.15) is 16.6 Å². The van der Waals surface area contributed by atoms with Crippen LogP contribution in [0.2, 0.25) is 0 Å². The highest BCUT2D eigenvalue weighted by molar-refractivity contribution is 7.14. The van der Waals surface area contributed by atoms with Crippen LogP contribution in [0.1, 0.15) is 53.7 Å². The summed E-state index contributed by atoms with van der Waals surface area (Å²) in [5.74, 6) is -1.61. The number of benzene rings is 1. The molecule has 8 nitrogen and oxygen atoms in total. The van der Waals surface area contributed by atoms with Gasteiger partial charge in [-0.3, -0.25) is 9.59 Å². The first-order valence-corrected chi connectivity index (χ1v) is 12.9. The van der Waals surface area contributed by atoms with E-state index in [-0.39, 0.29) is 34.9 Å². The highest BCUT2D eigenvalue weighted by atomic mass is 32.1. The summed E-state index contributed by atoms with van der Waals surface area (Å²) in [6, 6.07) is 3.39. The van der Waals surface area contributed by atoms with Gasteiger partial charge < -0.3 is 19.9 Å². The van der Waals surface area contributed by atoms with Crippen molar-refractivity contribution < 1.29 is 18.3 Å². The molecule has 0 unspecified atom stereocenters. The molecule has 2 aliphatic rings. The molecular weight excluding hydrogens is 488 g/mol. The third kappa shape index (κ3) is 4.77. The molecule has 190 valence electrons. The Morgan fingerprint density at radius 2 is 2.00 bits per heavy atom.